The fourth-order valence-corrected chi connectivity index (χ4v) is 2.31. The quantitative estimate of drug-likeness (QED) is 0.855. The fraction of sp³-hybridized carbons (Fsp3) is 0.500. The molecule has 1 fully saturated rings. The number of nitrogens with two attached hydrogens (primary N) is 1. The highest BCUT2D eigenvalue weighted by atomic mass is 16.1. The summed E-state index contributed by atoms with van der Waals surface area (Å²) in [7, 11) is 0. The highest BCUT2D eigenvalue weighted by Gasteiger charge is 2.16. The maximum absolute atomic E-state index is 11.8. The van der Waals surface area contributed by atoms with Crippen LogP contribution in [0, 0.1) is 0 Å². The van der Waals surface area contributed by atoms with Gasteiger partial charge in [0.25, 0.3) is 0 Å². The topological polar surface area (TPSA) is 58.4 Å². The Kier molecular flexibility index (Phi) is 4.20. The number of carbonyl (C=O) groups excluding carboxylic acids is 1. The van der Waals surface area contributed by atoms with Crippen molar-refractivity contribution < 1.29 is 4.79 Å². The van der Waals surface area contributed by atoms with Gasteiger partial charge in [-0.2, -0.15) is 0 Å². The lowest BCUT2D eigenvalue weighted by molar-refractivity contribution is -0.116. The van der Waals surface area contributed by atoms with Gasteiger partial charge in [-0.3, -0.25) is 4.79 Å². The second-order valence-corrected chi connectivity index (χ2v) is 4.94. The summed E-state index contributed by atoms with van der Waals surface area (Å²) in [6.07, 6.45) is 2.80. The molecule has 98 valence electrons. The van der Waals surface area contributed by atoms with Gasteiger partial charge in [0, 0.05) is 25.6 Å². The van der Waals surface area contributed by atoms with Gasteiger partial charge >= 0.3 is 0 Å². The van der Waals surface area contributed by atoms with Crippen LogP contribution in [-0.2, 0) is 4.79 Å². The van der Waals surface area contributed by atoms with E-state index in [4.69, 9.17) is 5.73 Å². The molecule has 4 nitrogen and oxygen atoms in total. The van der Waals surface area contributed by atoms with Crippen LogP contribution in [0.4, 0.5) is 11.4 Å². The van der Waals surface area contributed by atoms with Gasteiger partial charge in [0.15, 0.2) is 0 Å². The molecule has 1 aliphatic rings. The van der Waals surface area contributed by atoms with E-state index in [1.807, 2.05) is 25.1 Å². The monoisotopic (exact) mass is 247 g/mol. The van der Waals surface area contributed by atoms with Crippen molar-refractivity contribution in [2.75, 3.05) is 23.3 Å². The smallest absolute Gasteiger partial charge is 0.225 e. The summed E-state index contributed by atoms with van der Waals surface area (Å²) in [4.78, 5) is 14.1. The second-order valence-electron chi connectivity index (χ2n) is 4.94. The molecule has 18 heavy (non-hydrogen) atoms. The normalized spacial score (nSPS) is 16.7. The van der Waals surface area contributed by atoms with E-state index in [2.05, 4.69) is 16.3 Å². The molecule has 3 N–H and O–H groups in total. The summed E-state index contributed by atoms with van der Waals surface area (Å²) in [6, 6.07) is 7.86. The minimum atomic E-state index is -0.107. The van der Waals surface area contributed by atoms with Crippen LogP contribution in [0.1, 0.15) is 26.2 Å². The largest absolute Gasteiger partial charge is 0.370 e. The van der Waals surface area contributed by atoms with Crippen molar-refractivity contribution in [2.45, 2.75) is 32.2 Å². The van der Waals surface area contributed by atoms with Crippen LogP contribution < -0.4 is 16.0 Å². The second kappa shape index (κ2) is 5.87. The number of para-hydroxylation sites is 2. The molecule has 1 aromatic rings. The molecule has 1 amide bonds. The highest BCUT2D eigenvalue weighted by molar-refractivity contribution is 5.94. The van der Waals surface area contributed by atoms with Crippen LogP contribution in [-0.4, -0.2) is 25.0 Å². The van der Waals surface area contributed by atoms with Gasteiger partial charge in [-0.05, 0) is 31.9 Å². The lowest BCUT2D eigenvalue weighted by atomic mass is 10.2. The first-order valence-electron chi connectivity index (χ1n) is 6.56. The Bertz CT molecular complexity index is 411. The van der Waals surface area contributed by atoms with E-state index in [1.54, 1.807) is 0 Å². The minimum absolute atomic E-state index is 0.0170. The van der Waals surface area contributed by atoms with Crippen LogP contribution in [0.2, 0.25) is 0 Å². The SMILES string of the molecule is CC(N)CC(=O)Nc1ccccc1N1CCCC1. The summed E-state index contributed by atoms with van der Waals surface area (Å²) < 4.78 is 0. The predicted octanol–water partition coefficient (Wildman–Crippen LogP) is 1.96. The van der Waals surface area contributed by atoms with Crippen LogP contribution in [0.5, 0.6) is 0 Å². The summed E-state index contributed by atoms with van der Waals surface area (Å²) in [6.45, 7) is 3.98. The number of hydrogen-bond donors (Lipinski definition) is 2. The molecule has 1 atom stereocenters. The molecule has 1 unspecified atom stereocenters. The van der Waals surface area contributed by atoms with Crippen LogP contribution >= 0.6 is 0 Å². The standard InChI is InChI=1S/C14H21N3O/c1-11(15)10-14(18)16-12-6-2-3-7-13(12)17-8-4-5-9-17/h2-3,6-7,11H,4-5,8-10,15H2,1H3,(H,16,18). The molecule has 1 heterocycles. The van der Waals surface area contributed by atoms with Crippen molar-refractivity contribution in [1.29, 1.82) is 0 Å². The van der Waals surface area contributed by atoms with Gasteiger partial charge in [-0.25, -0.2) is 0 Å². The van der Waals surface area contributed by atoms with E-state index < -0.39 is 0 Å². The van der Waals surface area contributed by atoms with Crippen LogP contribution in [0.3, 0.4) is 0 Å². The molecule has 2 rings (SSSR count). The first kappa shape index (κ1) is 12.9. The fourth-order valence-electron chi connectivity index (χ4n) is 2.31. The lowest BCUT2D eigenvalue weighted by Gasteiger charge is -2.21. The van der Waals surface area contributed by atoms with E-state index in [-0.39, 0.29) is 11.9 Å². The van der Waals surface area contributed by atoms with Gasteiger partial charge in [-0.1, -0.05) is 12.1 Å². The first-order valence-corrected chi connectivity index (χ1v) is 6.56. The number of anilines is 2. The van der Waals surface area contributed by atoms with Crippen molar-refractivity contribution in [3.63, 3.8) is 0 Å². The maximum atomic E-state index is 11.8. The molecule has 0 bridgehead atoms. The summed E-state index contributed by atoms with van der Waals surface area (Å²) in [5.74, 6) is -0.0170. The molecule has 0 radical (unpaired) electrons. The van der Waals surface area contributed by atoms with Crippen molar-refractivity contribution in [3.05, 3.63) is 24.3 Å². The van der Waals surface area contributed by atoms with Crippen molar-refractivity contribution >= 4 is 17.3 Å². The number of benzene rings is 1. The number of amides is 1. The molecule has 0 spiro atoms. The van der Waals surface area contributed by atoms with Gasteiger partial charge in [0.1, 0.15) is 0 Å². The number of nitrogens with one attached hydrogen (secondary N) is 1. The Morgan fingerprint density at radius 2 is 2.06 bits per heavy atom. The highest BCUT2D eigenvalue weighted by Crippen LogP contribution is 2.28. The number of hydrogen-bond acceptors (Lipinski definition) is 3. The van der Waals surface area contributed by atoms with Crippen molar-refractivity contribution in [3.8, 4) is 0 Å². The van der Waals surface area contributed by atoms with E-state index in [1.165, 1.54) is 12.8 Å². The Balaban J connectivity index is 2.09. The Hall–Kier alpha value is -1.55. The summed E-state index contributed by atoms with van der Waals surface area (Å²) in [5.41, 5.74) is 7.65. The first-order chi connectivity index (χ1) is 8.66. The number of rotatable bonds is 4. The van der Waals surface area contributed by atoms with E-state index in [0.717, 1.165) is 24.5 Å². The average molecular weight is 247 g/mol. The zero-order valence-electron chi connectivity index (χ0n) is 10.9. The molecular weight excluding hydrogens is 226 g/mol. The van der Waals surface area contributed by atoms with Gasteiger partial charge < -0.3 is 16.0 Å². The molecule has 1 aromatic carbocycles. The predicted molar refractivity (Wildman–Crippen MR) is 74.8 cm³/mol. The Labute approximate surface area is 108 Å². The third kappa shape index (κ3) is 3.23. The summed E-state index contributed by atoms with van der Waals surface area (Å²) >= 11 is 0. The molecule has 1 aliphatic heterocycles. The number of nitrogens with zero attached hydrogens (tertiary/aromatic N) is 1. The summed E-state index contributed by atoms with van der Waals surface area (Å²) in [5, 5.41) is 2.96. The molecule has 4 heteroatoms. The maximum Gasteiger partial charge on any atom is 0.225 e. The van der Waals surface area contributed by atoms with E-state index in [9.17, 15) is 4.79 Å². The van der Waals surface area contributed by atoms with Crippen molar-refractivity contribution in [1.82, 2.24) is 0 Å². The third-order valence-electron chi connectivity index (χ3n) is 3.13. The molecule has 1 saturated heterocycles. The molecule has 0 saturated carbocycles. The average Bonchev–Trinajstić information content (AvgIpc) is 2.81. The number of carbonyl (C=O) groups is 1. The van der Waals surface area contributed by atoms with Crippen LogP contribution in [0.15, 0.2) is 24.3 Å². The molecule has 0 aliphatic carbocycles. The molecule has 0 aromatic heterocycles. The Morgan fingerprint density at radius 1 is 1.39 bits per heavy atom. The van der Waals surface area contributed by atoms with E-state index >= 15 is 0 Å². The lowest BCUT2D eigenvalue weighted by Crippen LogP contribution is -2.25. The van der Waals surface area contributed by atoms with Gasteiger partial charge in [-0.15, -0.1) is 0 Å². The van der Waals surface area contributed by atoms with Crippen LogP contribution in [0.25, 0.3) is 0 Å². The molecular formula is C14H21N3O. The zero-order chi connectivity index (χ0) is 13.0. The van der Waals surface area contributed by atoms with Gasteiger partial charge in [0.05, 0.1) is 11.4 Å². The van der Waals surface area contributed by atoms with Gasteiger partial charge in [0.2, 0.25) is 5.91 Å². The van der Waals surface area contributed by atoms with E-state index in [0.29, 0.717) is 6.42 Å². The third-order valence-corrected chi connectivity index (χ3v) is 3.13. The minimum Gasteiger partial charge on any atom is -0.370 e. The Morgan fingerprint density at radius 3 is 2.72 bits per heavy atom. The zero-order valence-corrected chi connectivity index (χ0v) is 10.9. The van der Waals surface area contributed by atoms with Crippen molar-refractivity contribution in [2.24, 2.45) is 5.73 Å².